The minimum absolute atomic E-state index is 0.0322. The van der Waals surface area contributed by atoms with Crippen LogP contribution in [0.2, 0.25) is 0 Å². The molecule has 0 radical (unpaired) electrons. The zero-order chi connectivity index (χ0) is 20.1. The molecule has 0 heterocycles. The van der Waals surface area contributed by atoms with Gasteiger partial charge in [-0.05, 0) is 55.4 Å². The van der Waals surface area contributed by atoms with Gasteiger partial charge in [0.1, 0.15) is 5.75 Å². The third-order valence-electron chi connectivity index (χ3n) is 4.94. The van der Waals surface area contributed by atoms with Gasteiger partial charge in [0, 0.05) is 12.1 Å². The van der Waals surface area contributed by atoms with E-state index in [2.05, 4.69) is 17.4 Å². The second-order valence-electron chi connectivity index (χ2n) is 6.91. The minimum atomic E-state index is -0.594. The van der Waals surface area contributed by atoms with Gasteiger partial charge < -0.3 is 10.1 Å². The van der Waals surface area contributed by atoms with Crippen molar-refractivity contribution in [1.82, 2.24) is 5.32 Å². The van der Waals surface area contributed by atoms with Crippen LogP contribution in [0, 0.1) is 10.1 Å². The van der Waals surface area contributed by atoms with Crippen LogP contribution in [-0.4, -0.2) is 23.7 Å². The maximum Gasteiger partial charge on any atom is 0.270 e. The molecule has 0 saturated carbocycles. The average molecular weight is 382 g/mol. The van der Waals surface area contributed by atoms with Crippen LogP contribution in [-0.2, 0) is 17.6 Å². The molecule has 1 atom stereocenters. The van der Waals surface area contributed by atoms with E-state index in [1.807, 2.05) is 13.0 Å². The predicted octanol–water partition coefficient (Wildman–Crippen LogP) is 3.54. The summed E-state index contributed by atoms with van der Waals surface area (Å²) in [4.78, 5) is 33.5. The number of ether oxygens (including phenoxy) is 1. The van der Waals surface area contributed by atoms with Crippen LogP contribution in [0.5, 0.6) is 5.75 Å². The average Bonchev–Trinajstić information content (AvgIpc) is 2.71. The summed E-state index contributed by atoms with van der Waals surface area (Å²) in [6, 6.07) is 9.83. The summed E-state index contributed by atoms with van der Waals surface area (Å²) >= 11 is 0. The van der Waals surface area contributed by atoms with Gasteiger partial charge in [0.2, 0.25) is 0 Å². The Morgan fingerprint density at radius 2 is 1.96 bits per heavy atom. The highest BCUT2D eigenvalue weighted by atomic mass is 16.6. The second kappa shape index (κ2) is 8.65. The highest BCUT2D eigenvalue weighted by Crippen LogP contribution is 2.25. The molecule has 146 valence electrons. The molecule has 2 aromatic carbocycles. The van der Waals surface area contributed by atoms with E-state index < -0.39 is 4.92 Å². The Hall–Kier alpha value is -3.22. The molecule has 0 bridgehead atoms. The number of benzene rings is 2. The number of aryl methyl sites for hydroxylation is 2. The Morgan fingerprint density at radius 1 is 1.21 bits per heavy atom. The number of non-ortho nitro benzene ring substituents is 1. The summed E-state index contributed by atoms with van der Waals surface area (Å²) in [7, 11) is 0. The van der Waals surface area contributed by atoms with Crippen molar-refractivity contribution in [2.24, 2.45) is 0 Å². The number of aldehydes is 1. The van der Waals surface area contributed by atoms with E-state index in [9.17, 15) is 19.7 Å². The van der Waals surface area contributed by atoms with Crippen molar-refractivity contribution in [3.05, 3.63) is 68.8 Å². The monoisotopic (exact) mass is 382 g/mol. The lowest BCUT2D eigenvalue weighted by molar-refractivity contribution is -0.384. The first kappa shape index (κ1) is 19.5. The predicted molar refractivity (Wildman–Crippen MR) is 104 cm³/mol. The summed E-state index contributed by atoms with van der Waals surface area (Å²) in [5.41, 5.74) is 3.60. The van der Waals surface area contributed by atoms with Gasteiger partial charge in [0.25, 0.3) is 11.6 Å². The molecule has 1 aliphatic rings. The Labute approximate surface area is 162 Å². The maximum atomic E-state index is 12.2. The standard InChI is InChI=1S/C21H22N2O5/c1-14(16-7-6-15-4-2-3-5-17(15)10-16)22-21(25)13-28-20-9-8-19(23(26)27)11-18(20)12-24/h6-12,14H,2-5,13H2,1H3,(H,22,25)/t14-/m1/s1. The molecule has 0 aliphatic heterocycles. The molecular weight excluding hydrogens is 360 g/mol. The number of hydrogen-bond acceptors (Lipinski definition) is 5. The van der Waals surface area contributed by atoms with Gasteiger partial charge in [-0.2, -0.15) is 0 Å². The van der Waals surface area contributed by atoms with Gasteiger partial charge in [-0.3, -0.25) is 19.7 Å². The first-order chi connectivity index (χ1) is 13.5. The molecule has 3 rings (SSSR count). The number of fused-ring (bicyclic) bond motifs is 1. The van der Waals surface area contributed by atoms with Crippen molar-refractivity contribution in [3.63, 3.8) is 0 Å². The maximum absolute atomic E-state index is 12.2. The smallest absolute Gasteiger partial charge is 0.270 e. The van der Waals surface area contributed by atoms with E-state index >= 15 is 0 Å². The highest BCUT2D eigenvalue weighted by Gasteiger charge is 2.16. The van der Waals surface area contributed by atoms with Crippen LogP contribution >= 0.6 is 0 Å². The fraction of sp³-hybridized carbons (Fsp3) is 0.333. The van der Waals surface area contributed by atoms with Crippen LogP contribution in [0.3, 0.4) is 0 Å². The Kier molecular flexibility index (Phi) is 6.03. The van der Waals surface area contributed by atoms with E-state index in [1.165, 1.54) is 36.1 Å². The number of carbonyl (C=O) groups is 2. The molecule has 7 heteroatoms. The molecule has 28 heavy (non-hydrogen) atoms. The van der Waals surface area contributed by atoms with Crippen LogP contribution in [0.15, 0.2) is 36.4 Å². The molecule has 1 aliphatic carbocycles. The zero-order valence-corrected chi connectivity index (χ0v) is 15.6. The molecule has 7 nitrogen and oxygen atoms in total. The van der Waals surface area contributed by atoms with Gasteiger partial charge in [-0.1, -0.05) is 18.2 Å². The fourth-order valence-corrected chi connectivity index (χ4v) is 3.41. The van der Waals surface area contributed by atoms with Crippen LogP contribution in [0.25, 0.3) is 0 Å². The summed E-state index contributed by atoms with van der Waals surface area (Å²) < 4.78 is 5.39. The van der Waals surface area contributed by atoms with Gasteiger partial charge in [0.15, 0.2) is 12.9 Å². The van der Waals surface area contributed by atoms with Crippen molar-refractivity contribution in [1.29, 1.82) is 0 Å². The Balaban J connectivity index is 1.60. The molecule has 0 unspecified atom stereocenters. The van der Waals surface area contributed by atoms with E-state index in [4.69, 9.17) is 4.74 Å². The van der Waals surface area contributed by atoms with Gasteiger partial charge in [0.05, 0.1) is 16.5 Å². The van der Waals surface area contributed by atoms with E-state index in [0.29, 0.717) is 6.29 Å². The zero-order valence-electron chi connectivity index (χ0n) is 15.6. The molecule has 1 amide bonds. The highest BCUT2D eigenvalue weighted by molar-refractivity contribution is 5.82. The van der Waals surface area contributed by atoms with Crippen LogP contribution < -0.4 is 10.1 Å². The lowest BCUT2D eigenvalue weighted by atomic mass is 9.89. The molecule has 0 aromatic heterocycles. The molecule has 0 spiro atoms. The summed E-state index contributed by atoms with van der Waals surface area (Å²) in [5.74, 6) is -0.197. The van der Waals surface area contributed by atoms with Crippen molar-refractivity contribution in [2.75, 3.05) is 6.61 Å². The molecule has 1 N–H and O–H groups in total. The third-order valence-corrected chi connectivity index (χ3v) is 4.94. The van der Waals surface area contributed by atoms with Gasteiger partial charge in [-0.15, -0.1) is 0 Å². The second-order valence-corrected chi connectivity index (χ2v) is 6.91. The lowest BCUT2D eigenvalue weighted by Gasteiger charge is -2.20. The fourth-order valence-electron chi connectivity index (χ4n) is 3.41. The number of carbonyl (C=O) groups excluding carboxylic acids is 2. The number of rotatable bonds is 7. The number of nitro benzene ring substituents is 1. The lowest BCUT2D eigenvalue weighted by Crippen LogP contribution is -2.31. The normalized spacial score (nSPS) is 13.9. The van der Waals surface area contributed by atoms with E-state index in [-0.39, 0.29) is 35.6 Å². The van der Waals surface area contributed by atoms with Crippen LogP contribution in [0.1, 0.15) is 52.9 Å². The van der Waals surface area contributed by atoms with Gasteiger partial charge in [-0.25, -0.2) is 0 Å². The van der Waals surface area contributed by atoms with Crippen molar-refractivity contribution in [3.8, 4) is 5.75 Å². The number of nitrogens with zero attached hydrogens (tertiary/aromatic N) is 1. The summed E-state index contributed by atoms with van der Waals surface area (Å²) in [5, 5.41) is 13.7. The first-order valence-electron chi connectivity index (χ1n) is 9.25. The Bertz CT molecular complexity index is 910. The van der Waals surface area contributed by atoms with Gasteiger partial charge >= 0.3 is 0 Å². The SMILES string of the molecule is C[C@@H](NC(=O)COc1ccc([N+](=O)[O-])cc1C=O)c1ccc2c(c1)CCCC2. The number of nitro groups is 1. The topological polar surface area (TPSA) is 98.5 Å². The number of nitrogens with one attached hydrogen (secondary N) is 1. The van der Waals surface area contributed by atoms with E-state index in [0.717, 1.165) is 24.5 Å². The van der Waals surface area contributed by atoms with Crippen molar-refractivity contribution in [2.45, 2.75) is 38.6 Å². The van der Waals surface area contributed by atoms with E-state index in [1.54, 1.807) is 0 Å². The molecule has 2 aromatic rings. The molecule has 0 saturated heterocycles. The summed E-state index contributed by atoms with van der Waals surface area (Å²) in [6.45, 7) is 1.62. The quantitative estimate of drug-likeness (QED) is 0.449. The van der Waals surface area contributed by atoms with Crippen LogP contribution in [0.4, 0.5) is 5.69 Å². The molecule has 0 fully saturated rings. The van der Waals surface area contributed by atoms with Crippen molar-refractivity contribution >= 4 is 17.9 Å². The number of amides is 1. The molecular formula is C21H22N2O5. The summed E-state index contributed by atoms with van der Waals surface area (Å²) in [6.07, 6.45) is 5.07. The number of hydrogen-bond donors (Lipinski definition) is 1. The third kappa shape index (κ3) is 4.54. The van der Waals surface area contributed by atoms with Crippen molar-refractivity contribution < 1.29 is 19.2 Å². The largest absolute Gasteiger partial charge is 0.483 e. The Morgan fingerprint density at radius 3 is 2.68 bits per heavy atom. The minimum Gasteiger partial charge on any atom is -0.483 e. The first-order valence-corrected chi connectivity index (χ1v) is 9.25.